The van der Waals surface area contributed by atoms with Gasteiger partial charge in [-0.05, 0) is 80.7 Å². The Kier molecular flexibility index (Phi) is 5.08. The summed E-state index contributed by atoms with van der Waals surface area (Å²) in [4.78, 5) is 28.0. The number of carbonyl (C=O) groups is 2. The summed E-state index contributed by atoms with van der Waals surface area (Å²) < 4.78 is 0. The van der Waals surface area contributed by atoms with Gasteiger partial charge in [0.25, 0.3) is 0 Å². The summed E-state index contributed by atoms with van der Waals surface area (Å²) >= 11 is 0. The third-order valence-corrected chi connectivity index (χ3v) is 6.69. The predicted octanol–water partition coefficient (Wildman–Crippen LogP) is 2.64. The Bertz CT molecular complexity index is 727. The molecule has 0 radical (unpaired) electrons. The number of amides is 2. The number of carbonyl (C=O) groups excluding carboxylic acids is 1. The van der Waals surface area contributed by atoms with E-state index in [4.69, 9.17) is 10.8 Å². The molecule has 1 aromatic carbocycles. The minimum atomic E-state index is -0.700. The number of fused-ring (bicyclic) bond motifs is 1. The minimum Gasteiger partial charge on any atom is -0.481 e. The molecule has 2 fully saturated rings. The van der Waals surface area contributed by atoms with Crippen LogP contribution in [0.1, 0.15) is 43.2 Å². The number of urea groups is 1. The highest BCUT2D eigenvalue weighted by atomic mass is 16.4. The number of hydrogen-bond acceptors (Lipinski definition) is 3. The second-order valence-corrected chi connectivity index (χ2v) is 8.27. The molecule has 1 saturated heterocycles. The molecule has 0 spiro atoms. The molecule has 1 heterocycles. The molecule has 2 aliphatic carbocycles. The van der Waals surface area contributed by atoms with Crippen molar-refractivity contribution in [1.82, 2.24) is 4.90 Å². The van der Waals surface area contributed by atoms with Gasteiger partial charge in [0.2, 0.25) is 0 Å². The molecule has 0 bridgehead atoms. The first kappa shape index (κ1) is 18.3. The number of benzene rings is 1. The number of carboxylic acids is 1. The average Bonchev–Trinajstić information content (AvgIpc) is 3.08. The van der Waals surface area contributed by atoms with Gasteiger partial charge in [0, 0.05) is 24.8 Å². The Morgan fingerprint density at radius 2 is 1.89 bits per heavy atom. The maximum atomic E-state index is 13.0. The van der Waals surface area contributed by atoms with Crippen LogP contribution in [0.3, 0.4) is 0 Å². The number of carboxylic acid groups (broad SMARTS) is 1. The van der Waals surface area contributed by atoms with E-state index in [1.807, 2.05) is 9.80 Å². The summed E-state index contributed by atoms with van der Waals surface area (Å²) in [5, 5.41) is 9.17. The molecule has 1 unspecified atom stereocenters. The molecule has 1 aromatic rings. The molecule has 2 amide bonds. The monoisotopic (exact) mass is 371 g/mol. The Labute approximate surface area is 160 Å². The molecule has 0 aromatic heterocycles. The Balaban J connectivity index is 1.43. The third-order valence-electron chi connectivity index (χ3n) is 6.69. The molecule has 1 saturated carbocycles. The van der Waals surface area contributed by atoms with E-state index in [2.05, 4.69) is 18.2 Å². The molecule has 3 N–H and O–H groups in total. The Morgan fingerprint density at radius 3 is 2.59 bits per heavy atom. The van der Waals surface area contributed by atoms with Crippen molar-refractivity contribution in [2.24, 2.45) is 17.6 Å². The van der Waals surface area contributed by atoms with Crippen molar-refractivity contribution >= 4 is 17.7 Å². The van der Waals surface area contributed by atoms with E-state index in [1.54, 1.807) is 0 Å². The molecule has 1 atom stereocenters. The molecule has 6 nitrogen and oxygen atoms in total. The van der Waals surface area contributed by atoms with E-state index >= 15 is 0 Å². The van der Waals surface area contributed by atoms with Crippen molar-refractivity contribution in [2.45, 2.75) is 51.0 Å². The normalized spacial score (nSPS) is 28.3. The summed E-state index contributed by atoms with van der Waals surface area (Å²) in [7, 11) is 0. The maximum absolute atomic E-state index is 13.0. The fraction of sp³-hybridized carbons (Fsp3) is 0.619. The van der Waals surface area contributed by atoms with Crippen molar-refractivity contribution in [3.05, 3.63) is 29.3 Å². The van der Waals surface area contributed by atoms with Crippen LogP contribution in [-0.4, -0.2) is 47.7 Å². The third kappa shape index (κ3) is 3.55. The zero-order valence-corrected chi connectivity index (χ0v) is 15.8. The van der Waals surface area contributed by atoms with Crippen LogP contribution in [0, 0.1) is 11.8 Å². The van der Waals surface area contributed by atoms with Gasteiger partial charge in [-0.25, -0.2) is 4.79 Å². The van der Waals surface area contributed by atoms with Crippen LogP contribution in [-0.2, 0) is 17.6 Å². The van der Waals surface area contributed by atoms with Gasteiger partial charge in [0.05, 0.1) is 5.92 Å². The van der Waals surface area contributed by atoms with E-state index in [0.29, 0.717) is 25.3 Å². The van der Waals surface area contributed by atoms with E-state index in [-0.39, 0.29) is 18.0 Å². The second kappa shape index (κ2) is 7.50. The predicted molar refractivity (Wildman–Crippen MR) is 104 cm³/mol. The van der Waals surface area contributed by atoms with Crippen molar-refractivity contribution in [3.63, 3.8) is 0 Å². The summed E-state index contributed by atoms with van der Waals surface area (Å²) in [6, 6.07) is 6.68. The molecule has 3 aliphatic rings. The lowest BCUT2D eigenvalue weighted by molar-refractivity contribution is -0.143. The summed E-state index contributed by atoms with van der Waals surface area (Å²) in [6.45, 7) is 2.18. The topological polar surface area (TPSA) is 86.9 Å². The number of aliphatic carboxylic acids is 1. The van der Waals surface area contributed by atoms with Crippen LogP contribution >= 0.6 is 0 Å². The molecular formula is C21H29N3O3. The van der Waals surface area contributed by atoms with Gasteiger partial charge >= 0.3 is 12.0 Å². The van der Waals surface area contributed by atoms with E-state index in [9.17, 15) is 9.59 Å². The van der Waals surface area contributed by atoms with Gasteiger partial charge in [-0.15, -0.1) is 0 Å². The van der Waals surface area contributed by atoms with Gasteiger partial charge < -0.3 is 15.7 Å². The van der Waals surface area contributed by atoms with Gasteiger partial charge in [0.15, 0.2) is 0 Å². The summed E-state index contributed by atoms with van der Waals surface area (Å²) in [5.74, 6) is -0.366. The molecular weight excluding hydrogens is 342 g/mol. The summed E-state index contributed by atoms with van der Waals surface area (Å²) in [5.41, 5.74) is 9.54. The Hall–Kier alpha value is -2.08. The van der Waals surface area contributed by atoms with Gasteiger partial charge in [0.1, 0.15) is 0 Å². The average molecular weight is 371 g/mol. The smallest absolute Gasteiger partial charge is 0.324 e. The number of nitrogens with two attached hydrogens (primary N) is 1. The Morgan fingerprint density at radius 1 is 1.11 bits per heavy atom. The highest BCUT2D eigenvalue weighted by Gasteiger charge is 2.37. The number of hydrogen-bond donors (Lipinski definition) is 2. The lowest BCUT2D eigenvalue weighted by Gasteiger charge is -2.33. The van der Waals surface area contributed by atoms with Crippen molar-refractivity contribution in [3.8, 4) is 0 Å². The molecule has 1 aliphatic heterocycles. The fourth-order valence-electron chi connectivity index (χ4n) is 4.95. The highest BCUT2D eigenvalue weighted by Crippen LogP contribution is 2.33. The SMILES string of the molecule is NCC1CCc2cc(N3CCN([C@H]4CC[C@H](C(=O)O)CC4)C3=O)ccc2C1. The molecule has 27 heavy (non-hydrogen) atoms. The number of aryl methyl sites for hydroxylation is 1. The largest absolute Gasteiger partial charge is 0.481 e. The fourth-order valence-corrected chi connectivity index (χ4v) is 4.95. The summed E-state index contributed by atoms with van der Waals surface area (Å²) in [6.07, 6.45) is 6.13. The zero-order valence-electron chi connectivity index (χ0n) is 15.8. The van der Waals surface area contributed by atoms with Crippen LogP contribution in [0.25, 0.3) is 0 Å². The molecule has 6 heteroatoms. The van der Waals surface area contributed by atoms with Crippen molar-refractivity contribution < 1.29 is 14.7 Å². The van der Waals surface area contributed by atoms with Crippen LogP contribution in [0.4, 0.5) is 10.5 Å². The van der Waals surface area contributed by atoms with Crippen molar-refractivity contribution in [1.29, 1.82) is 0 Å². The number of nitrogens with zero attached hydrogens (tertiary/aromatic N) is 2. The first-order chi connectivity index (χ1) is 13.1. The van der Waals surface area contributed by atoms with Crippen molar-refractivity contribution in [2.75, 3.05) is 24.5 Å². The second-order valence-electron chi connectivity index (χ2n) is 8.27. The van der Waals surface area contributed by atoms with Gasteiger partial charge in [-0.2, -0.15) is 0 Å². The molecule has 4 rings (SSSR count). The van der Waals surface area contributed by atoms with E-state index < -0.39 is 5.97 Å². The van der Waals surface area contributed by atoms with E-state index in [1.165, 1.54) is 11.1 Å². The van der Waals surface area contributed by atoms with Gasteiger partial charge in [-0.1, -0.05) is 6.07 Å². The van der Waals surface area contributed by atoms with Crippen LogP contribution in [0.2, 0.25) is 0 Å². The first-order valence-corrected chi connectivity index (χ1v) is 10.2. The zero-order chi connectivity index (χ0) is 19.0. The minimum absolute atomic E-state index is 0.0735. The maximum Gasteiger partial charge on any atom is 0.324 e. The first-order valence-electron chi connectivity index (χ1n) is 10.2. The number of anilines is 1. The standard InChI is InChI=1S/C21H29N3O3/c22-13-14-1-2-17-12-19(8-5-16(17)11-14)24-10-9-23(21(24)27)18-6-3-15(4-7-18)20(25)26/h5,8,12,14-15,18H,1-4,6-7,9-11,13,22H2,(H,25,26)/t14?,15-,18-. The van der Waals surface area contributed by atoms with Gasteiger partial charge in [-0.3, -0.25) is 9.69 Å². The number of rotatable bonds is 4. The molecule has 146 valence electrons. The lowest BCUT2D eigenvalue weighted by Crippen LogP contribution is -2.42. The van der Waals surface area contributed by atoms with Crippen LogP contribution < -0.4 is 10.6 Å². The van der Waals surface area contributed by atoms with E-state index in [0.717, 1.165) is 50.9 Å². The van der Waals surface area contributed by atoms with Crippen LogP contribution in [0.15, 0.2) is 18.2 Å². The highest BCUT2D eigenvalue weighted by molar-refractivity contribution is 5.94. The quantitative estimate of drug-likeness (QED) is 0.852. The van der Waals surface area contributed by atoms with Crippen LogP contribution in [0.5, 0.6) is 0 Å². The lowest BCUT2D eigenvalue weighted by atomic mass is 9.84.